The van der Waals surface area contributed by atoms with E-state index in [-0.39, 0.29) is 5.75 Å². The number of hydrogen-bond acceptors (Lipinski definition) is 2. The number of para-hydroxylation sites is 1. The van der Waals surface area contributed by atoms with Gasteiger partial charge in [-0.25, -0.2) is 0 Å². The summed E-state index contributed by atoms with van der Waals surface area (Å²) in [6.45, 7) is 4.01. The van der Waals surface area contributed by atoms with Crippen LogP contribution < -0.4 is 5.32 Å². The molecule has 100 valence electrons. The summed E-state index contributed by atoms with van der Waals surface area (Å²) in [5.74, 6) is 0.212. The van der Waals surface area contributed by atoms with Gasteiger partial charge in [0.1, 0.15) is 5.75 Å². The first-order valence-corrected chi connectivity index (χ1v) is 7.22. The summed E-state index contributed by atoms with van der Waals surface area (Å²) in [4.78, 5) is 0. The van der Waals surface area contributed by atoms with Gasteiger partial charge in [0.05, 0.1) is 5.02 Å². The van der Waals surface area contributed by atoms with Crippen LogP contribution in [0.1, 0.15) is 44.6 Å². The Hall–Kier alpha value is -0.730. The first kappa shape index (κ1) is 13.7. The van der Waals surface area contributed by atoms with Gasteiger partial charge in [-0.15, -0.1) is 0 Å². The van der Waals surface area contributed by atoms with Crippen molar-refractivity contribution in [3.8, 4) is 5.75 Å². The highest BCUT2D eigenvalue weighted by atomic mass is 35.5. The van der Waals surface area contributed by atoms with Gasteiger partial charge in [-0.2, -0.15) is 0 Å². The summed E-state index contributed by atoms with van der Waals surface area (Å²) < 4.78 is 0. The molecule has 0 atom stereocenters. The van der Waals surface area contributed by atoms with Crippen LogP contribution in [0.15, 0.2) is 18.2 Å². The van der Waals surface area contributed by atoms with E-state index >= 15 is 0 Å². The molecule has 18 heavy (non-hydrogen) atoms. The average molecular weight is 268 g/mol. The minimum Gasteiger partial charge on any atom is -0.506 e. The van der Waals surface area contributed by atoms with Crippen molar-refractivity contribution in [1.82, 2.24) is 5.32 Å². The molecule has 0 aliphatic heterocycles. The number of rotatable bonds is 5. The first-order valence-electron chi connectivity index (χ1n) is 6.84. The van der Waals surface area contributed by atoms with Crippen LogP contribution in [-0.2, 0) is 6.54 Å². The monoisotopic (exact) mass is 267 g/mol. The molecule has 1 fully saturated rings. The smallest absolute Gasteiger partial charge is 0.138 e. The number of benzene rings is 1. The lowest BCUT2D eigenvalue weighted by Gasteiger charge is -2.27. The van der Waals surface area contributed by atoms with E-state index in [0.29, 0.717) is 17.0 Å². The zero-order chi connectivity index (χ0) is 13.0. The fourth-order valence-corrected chi connectivity index (χ4v) is 3.14. The Labute approximate surface area is 114 Å². The van der Waals surface area contributed by atoms with Crippen molar-refractivity contribution in [3.63, 3.8) is 0 Å². The lowest BCUT2D eigenvalue weighted by molar-refractivity contribution is 0.267. The maximum absolute atomic E-state index is 9.84. The highest BCUT2D eigenvalue weighted by Gasteiger charge is 2.31. The van der Waals surface area contributed by atoms with Crippen molar-refractivity contribution in [2.75, 3.05) is 6.54 Å². The second kappa shape index (κ2) is 5.94. The molecule has 2 N–H and O–H groups in total. The SMILES string of the molecule is CCC1(CNCc2cccc(Cl)c2O)CCCC1. The Morgan fingerprint density at radius 3 is 2.72 bits per heavy atom. The van der Waals surface area contributed by atoms with Gasteiger partial charge in [0, 0.05) is 18.7 Å². The summed E-state index contributed by atoms with van der Waals surface area (Å²) in [5, 5.41) is 13.8. The van der Waals surface area contributed by atoms with E-state index in [0.717, 1.165) is 12.1 Å². The van der Waals surface area contributed by atoms with Crippen LogP contribution in [0, 0.1) is 5.41 Å². The molecule has 1 aliphatic rings. The van der Waals surface area contributed by atoms with E-state index in [2.05, 4.69) is 12.2 Å². The fraction of sp³-hybridized carbons (Fsp3) is 0.600. The number of aromatic hydroxyl groups is 1. The molecule has 1 saturated carbocycles. The quantitative estimate of drug-likeness (QED) is 0.842. The van der Waals surface area contributed by atoms with Crippen molar-refractivity contribution in [1.29, 1.82) is 0 Å². The second-order valence-corrected chi connectivity index (χ2v) is 5.82. The Bertz CT molecular complexity index is 399. The van der Waals surface area contributed by atoms with Crippen molar-refractivity contribution in [2.45, 2.75) is 45.6 Å². The van der Waals surface area contributed by atoms with Gasteiger partial charge < -0.3 is 10.4 Å². The van der Waals surface area contributed by atoms with Crippen LogP contribution in [0.2, 0.25) is 5.02 Å². The molecule has 0 heterocycles. The largest absolute Gasteiger partial charge is 0.506 e. The minimum atomic E-state index is 0.212. The predicted molar refractivity (Wildman–Crippen MR) is 76.0 cm³/mol. The van der Waals surface area contributed by atoms with Gasteiger partial charge in [0.2, 0.25) is 0 Å². The summed E-state index contributed by atoms with van der Waals surface area (Å²) in [6, 6.07) is 5.51. The molecule has 0 unspecified atom stereocenters. The molecule has 0 spiro atoms. The third-order valence-electron chi connectivity index (χ3n) is 4.30. The fourth-order valence-electron chi connectivity index (χ4n) is 2.95. The van der Waals surface area contributed by atoms with Crippen molar-refractivity contribution < 1.29 is 5.11 Å². The number of hydrogen-bond donors (Lipinski definition) is 2. The summed E-state index contributed by atoms with van der Waals surface area (Å²) >= 11 is 5.90. The molecular formula is C15H22ClNO. The van der Waals surface area contributed by atoms with Crippen LogP contribution in [0.3, 0.4) is 0 Å². The summed E-state index contributed by atoms with van der Waals surface area (Å²) in [6.07, 6.45) is 6.62. The highest BCUT2D eigenvalue weighted by molar-refractivity contribution is 6.32. The minimum absolute atomic E-state index is 0.212. The van der Waals surface area contributed by atoms with Gasteiger partial charge in [-0.1, -0.05) is 43.5 Å². The van der Waals surface area contributed by atoms with E-state index in [1.807, 2.05) is 12.1 Å². The van der Waals surface area contributed by atoms with Gasteiger partial charge in [-0.3, -0.25) is 0 Å². The average Bonchev–Trinajstić information content (AvgIpc) is 2.84. The number of phenols is 1. The molecule has 2 rings (SSSR count). The molecule has 1 aromatic carbocycles. The van der Waals surface area contributed by atoms with E-state index in [9.17, 15) is 5.11 Å². The molecule has 0 radical (unpaired) electrons. The molecule has 3 heteroatoms. The second-order valence-electron chi connectivity index (χ2n) is 5.41. The summed E-state index contributed by atoms with van der Waals surface area (Å²) in [5.41, 5.74) is 1.36. The van der Waals surface area contributed by atoms with Crippen LogP contribution in [-0.4, -0.2) is 11.7 Å². The molecule has 1 aliphatic carbocycles. The van der Waals surface area contributed by atoms with Crippen molar-refractivity contribution in [3.05, 3.63) is 28.8 Å². The van der Waals surface area contributed by atoms with Gasteiger partial charge in [0.15, 0.2) is 0 Å². The normalized spacial score (nSPS) is 18.1. The standard InChI is InChI=1S/C15H22ClNO/c1-2-15(8-3-4-9-15)11-17-10-12-6-5-7-13(16)14(12)18/h5-7,17-18H,2-4,8-11H2,1H3. The first-order chi connectivity index (χ1) is 8.67. The third kappa shape index (κ3) is 2.99. The third-order valence-corrected chi connectivity index (χ3v) is 4.61. The van der Waals surface area contributed by atoms with E-state index in [1.165, 1.54) is 32.1 Å². The zero-order valence-electron chi connectivity index (χ0n) is 11.0. The van der Waals surface area contributed by atoms with E-state index in [1.54, 1.807) is 6.07 Å². The Morgan fingerprint density at radius 2 is 2.06 bits per heavy atom. The number of halogens is 1. The van der Waals surface area contributed by atoms with Crippen molar-refractivity contribution in [2.24, 2.45) is 5.41 Å². The maximum atomic E-state index is 9.84. The Balaban J connectivity index is 1.90. The summed E-state index contributed by atoms with van der Waals surface area (Å²) in [7, 11) is 0. The molecule has 0 saturated heterocycles. The molecular weight excluding hydrogens is 246 g/mol. The molecule has 0 aromatic heterocycles. The van der Waals surface area contributed by atoms with Gasteiger partial charge in [0.25, 0.3) is 0 Å². The van der Waals surface area contributed by atoms with Gasteiger partial charge in [-0.05, 0) is 30.7 Å². The molecule has 2 nitrogen and oxygen atoms in total. The van der Waals surface area contributed by atoms with Crippen LogP contribution in [0.25, 0.3) is 0 Å². The lowest BCUT2D eigenvalue weighted by Crippen LogP contribution is -2.31. The van der Waals surface area contributed by atoms with Gasteiger partial charge >= 0.3 is 0 Å². The number of phenolic OH excluding ortho intramolecular Hbond substituents is 1. The maximum Gasteiger partial charge on any atom is 0.138 e. The van der Waals surface area contributed by atoms with E-state index in [4.69, 9.17) is 11.6 Å². The number of nitrogens with one attached hydrogen (secondary N) is 1. The lowest BCUT2D eigenvalue weighted by atomic mass is 9.83. The Morgan fingerprint density at radius 1 is 1.33 bits per heavy atom. The Kier molecular flexibility index (Phi) is 4.52. The molecule has 0 bridgehead atoms. The molecule has 1 aromatic rings. The van der Waals surface area contributed by atoms with Crippen LogP contribution in [0.4, 0.5) is 0 Å². The van der Waals surface area contributed by atoms with E-state index < -0.39 is 0 Å². The topological polar surface area (TPSA) is 32.3 Å². The van der Waals surface area contributed by atoms with Crippen LogP contribution >= 0.6 is 11.6 Å². The van der Waals surface area contributed by atoms with Crippen LogP contribution in [0.5, 0.6) is 5.75 Å². The highest BCUT2D eigenvalue weighted by Crippen LogP contribution is 2.40. The van der Waals surface area contributed by atoms with Crippen molar-refractivity contribution >= 4 is 11.6 Å². The molecule has 0 amide bonds. The zero-order valence-corrected chi connectivity index (χ0v) is 11.8. The predicted octanol–water partition coefficient (Wildman–Crippen LogP) is 4.11.